The van der Waals surface area contributed by atoms with Crippen molar-refractivity contribution in [2.75, 3.05) is 19.6 Å². The molecule has 35 heavy (non-hydrogen) atoms. The molecule has 1 aliphatic carbocycles. The number of hydrogen-bond acceptors (Lipinski definition) is 6. The van der Waals surface area contributed by atoms with E-state index >= 15 is 0 Å². The molecule has 1 aromatic rings. The minimum Gasteiger partial charge on any atom is -0.506 e. The first-order valence-corrected chi connectivity index (χ1v) is 12.6. The molecule has 2 aliphatic heterocycles. The van der Waals surface area contributed by atoms with Crippen LogP contribution < -0.4 is 5.32 Å². The Balaban J connectivity index is 0.00000216. The number of likely N-dealkylation sites (tertiary alicyclic amines) is 1. The van der Waals surface area contributed by atoms with Gasteiger partial charge in [-0.3, -0.25) is 19.5 Å². The molecule has 0 radical (unpaired) electrons. The van der Waals surface area contributed by atoms with Gasteiger partial charge >= 0.3 is 0 Å². The van der Waals surface area contributed by atoms with Gasteiger partial charge in [-0.25, -0.2) is 0 Å². The molecule has 198 valence electrons. The van der Waals surface area contributed by atoms with Crippen molar-refractivity contribution in [3.05, 3.63) is 24.0 Å². The van der Waals surface area contributed by atoms with Gasteiger partial charge in [0.25, 0.3) is 0 Å². The van der Waals surface area contributed by atoms with Crippen molar-refractivity contribution in [1.82, 2.24) is 20.1 Å². The Bertz CT molecular complexity index is 840. The monoisotopic (exact) mass is 530 g/mol. The lowest BCUT2D eigenvalue weighted by Gasteiger charge is -2.52. The number of carbonyl (C=O) groups excluding carboxylic acids is 2. The molecule has 2 amide bonds. The van der Waals surface area contributed by atoms with Gasteiger partial charge in [0, 0.05) is 32.6 Å². The molecule has 3 heterocycles. The predicted molar refractivity (Wildman–Crippen MR) is 139 cm³/mol. The lowest BCUT2D eigenvalue weighted by Crippen LogP contribution is -2.73. The minimum absolute atomic E-state index is 0. The zero-order valence-corrected chi connectivity index (χ0v) is 22.2. The first kappa shape index (κ1) is 29.6. The fraction of sp³-hybridized carbons (Fsp3) is 0.720. The number of hydrogen-bond donors (Lipinski definition) is 3. The van der Waals surface area contributed by atoms with Gasteiger partial charge in [-0.1, -0.05) is 32.6 Å². The van der Waals surface area contributed by atoms with Gasteiger partial charge in [0.1, 0.15) is 17.3 Å². The van der Waals surface area contributed by atoms with Crippen LogP contribution in [0.2, 0.25) is 0 Å². The number of aromatic nitrogens is 1. The van der Waals surface area contributed by atoms with Crippen molar-refractivity contribution >= 4 is 36.6 Å². The van der Waals surface area contributed by atoms with E-state index in [-0.39, 0.29) is 42.4 Å². The highest BCUT2D eigenvalue weighted by Gasteiger charge is 2.54. The van der Waals surface area contributed by atoms with Crippen LogP contribution in [0.5, 0.6) is 5.75 Å². The molecule has 10 heteroatoms. The van der Waals surface area contributed by atoms with Gasteiger partial charge in [0.15, 0.2) is 0 Å². The number of nitrogens with one attached hydrogen (secondary N) is 1. The summed E-state index contributed by atoms with van der Waals surface area (Å²) in [6.07, 6.45) is 9.21. The van der Waals surface area contributed by atoms with Crippen LogP contribution >= 0.6 is 24.8 Å². The highest BCUT2D eigenvalue weighted by atomic mass is 35.5. The van der Waals surface area contributed by atoms with E-state index < -0.39 is 17.2 Å². The molecule has 4 rings (SSSR count). The summed E-state index contributed by atoms with van der Waals surface area (Å²) < 4.78 is 0. The quantitative estimate of drug-likeness (QED) is 0.499. The number of aliphatic hydroxyl groups is 1. The van der Waals surface area contributed by atoms with Crippen LogP contribution in [0.15, 0.2) is 18.3 Å². The number of aromatic hydroxyl groups is 1. The number of carbonyl (C=O) groups is 2. The van der Waals surface area contributed by atoms with E-state index in [1.165, 1.54) is 6.20 Å². The third-order valence-electron chi connectivity index (χ3n) is 7.79. The number of pyridine rings is 1. The van der Waals surface area contributed by atoms with Gasteiger partial charge in [-0.2, -0.15) is 0 Å². The normalized spacial score (nSPS) is 23.8. The standard InChI is InChI=1S/C25H38N4O4.2ClH/c1-2-3-13-29-22(31)21(16-24(33)9-5-4-6-10-24)27-23(32)25(29)11-14-28(15-12-25)18-19-7-8-20(30)17-26-19;;/h7-8,17,21,30,33H,2-6,9-16,18H2,1H3,(H,27,32);2*1H/t21-;;/m1../s1. The smallest absolute Gasteiger partial charge is 0.246 e. The van der Waals surface area contributed by atoms with E-state index in [0.29, 0.717) is 58.3 Å². The second-order valence-corrected chi connectivity index (χ2v) is 10.2. The number of piperazine rings is 1. The van der Waals surface area contributed by atoms with Crippen molar-refractivity contribution in [2.24, 2.45) is 0 Å². The summed E-state index contributed by atoms with van der Waals surface area (Å²) in [6.45, 7) is 4.71. The number of amides is 2. The lowest BCUT2D eigenvalue weighted by molar-refractivity contribution is -0.163. The average Bonchev–Trinajstić information content (AvgIpc) is 2.81. The third-order valence-corrected chi connectivity index (χ3v) is 7.79. The van der Waals surface area contributed by atoms with Crippen LogP contribution in [0.3, 0.4) is 0 Å². The fourth-order valence-corrected chi connectivity index (χ4v) is 5.77. The Labute approximate surface area is 220 Å². The predicted octanol–water partition coefficient (Wildman–Crippen LogP) is 3.18. The summed E-state index contributed by atoms with van der Waals surface area (Å²) in [5, 5.41) is 23.5. The van der Waals surface area contributed by atoms with Gasteiger partial charge in [-0.05, 0) is 44.2 Å². The molecule has 2 saturated heterocycles. The summed E-state index contributed by atoms with van der Waals surface area (Å²) in [5.41, 5.74) is -0.791. The second kappa shape index (κ2) is 12.6. The van der Waals surface area contributed by atoms with E-state index in [2.05, 4.69) is 22.1 Å². The van der Waals surface area contributed by atoms with E-state index in [9.17, 15) is 19.8 Å². The molecule has 3 fully saturated rings. The van der Waals surface area contributed by atoms with Crippen LogP contribution in [0.4, 0.5) is 0 Å². The summed E-state index contributed by atoms with van der Waals surface area (Å²) in [6, 6.07) is 2.81. The van der Waals surface area contributed by atoms with Gasteiger partial charge in [0.2, 0.25) is 11.8 Å². The number of halogens is 2. The Kier molecular flexibility index (Phi) is 10.6. The van der Waals surface area contributed by atoms with Crippen molar-refractivity contribution in [1.29, 1.82) is 0 Å². The molecule has 1 aromatic heterocycles. The van der Waals surface area contributed by atoms with Crippen LogP contribution in [0.1, 0.15) is 76.8 Å². The molecule has 0 unspecified atom stereocenters. The van der Waals surface area contributed by atoms with E-state index in [1.807, 2.05) is 11.0 Å². The number of unbranched alkanes of at least 4 members (excludes halogenated alkanes) is 1. The van der Waals surface area contributed by atoms with Crippen LogP contribution in [-0.2, 0) is 16.1 Å². The van der Waals surface area contributed by atoms with Crippen LogP contribution in [0.25, 0.3) is 0 Å². The van der Waals surface area contributed by atoms with E-state index in [1.54, 1.807) is 6.07 Å². The summed E-state index contributed by atoms with van der Waals surface area (Å²) in [4.78, 5) is 35.5. The first-order valence-electron chi connectivity index (χ1n) is 12.6. The Morgan fingerprint density at radius 1 is 1.09 bits per heavy atom. The molecule has 8 nitrogen and oxygen atoms in total. The fourth-order valence-electron chi connectivity index (χ4n) is 5.77. The van der Waals surface area contributed by atoms with Crippen molar-refractivity contribution in [2.45, 2.75) is 94.9 Å². The summed E-state index contributed by atoms with van der Waals surface area (Å²) in [7, 11) is 0. The van der Waals surface area contributed by atoms with Crippen LogP contribution in [-0.4, -0.2) is 73.6 Å². The highest BCUT2D eigenvalue weighted by molar-refractivity contribution is 6.00. The maximum Gasteiger partial charge on any atom is 0.246 e. The van der Waals surface area contributed by atoms with Crippen molar-refractivity contribution in [3.63, 3.8) is 0 Å². The third kappa shape index (κ3) is 6.59. The number of piperidine rings is 1. The van der Waals surface area contributed by atoms with Crippen molar-refractivity contribution in [3.8, 4) is 5.75 Å². The Hall–Kier alpha value is -1.61. The van der Waals surface area contributed by atoms with Gasteiger partial charge < -0.3 is 20.4 Å². The zero-order chi connectivity index (χ0) is 23.5. The molecule has 1 spiro atoms. The first-order chi connectivity index (χ1) is 15.8. The molecular weight excluding hydrogens is 491 g/mol. The molecule has 3 aliphatic rings. The number of nitrogens with zero attached hydrogens (tertiary/aromatic N) is 3. The summed E-state index contributed by atoms with van der Waals surface area (Å²) in [5.74, 6) is 0.0495. The van der Waals surface area contributed by atoms with E-state index in [0.717, 1.165) is 37.8 Å². The van der Waals surface area contributed by atoms with Gasteiger partial charge in [0.05, 0.1) is 17.5 Å². The SMILES string of the molecule is CCCCN1C(=O)[C@@H](CC2(O)CCCCC2)NC(=O)C12CCN(Cc1ccc(O)cn1)CC2.Cl.Cl. The van der Waals surface area contributed by atoms with E-state index in [4.69, 9.17) is 0 Å². The molecular formula is C25H40Cl2N4O4. The molecule has 0 bridgehead atoms. The minimum atomic E-state index is -0.854. The molecule has 1 atom stereocenters. The van der Waals surface area contributed by atoms with Gasteiger partial charge in [-0.15, -0.1) is 24.8 Å². The maximum absolute atomic E-state index is 13.6. The average molecular weight is 532 g/mol. The Morgan fingerprint density at radius 2 is 1.77 bits per heavy atom. The lowest BCUT2D eigenvalue weighted by atomic mass is 9.77. The number of rotatable bonds is 7. The summed E-state index contributed by atoms with van der Waals surface area (Å²) >= 11 is 0. The van der Waals surface area contributed by atoms with Crippen LogP contribution in [0, 0.1) is 0 Å². The molecule has 3 N–H and O–H groups in total. The zero-order valence-electron chi connectivity index (χ0n) is 20.6. The van der Waals surface area contributed by atoms with Crippen molar-refractivity contribution < 1.29 is 19.8 Å². The topological polar surface area (TPSA) is 106 Å². The maximum atomic E-state index is 13.6. The molecule has 1 saturated carbocycles. The second-order valence-electron chi connectivity index (χ2n) is 10.2. The molecule has 0 aromatic carbocycles. The highest BCUT2D eigenvalue weighted by Crippen LogP contribution is 2.37. The Morgan fingerprint density at radius 3 is 2.37 bits per heavy atom. The largest absolute Gasteiger partial charge is 0.506 e.